The maximum atomic E-state index is 12.7. The number of anilines is 2. The fourth-order valence-corrected chi connectivity index (χ4v) is 2.76. The number of hydrogen-bond donors (Lipinski definition) is 0. The number of ether oxygens (including phenoxy) is 1. The predicted molar refractivity (Wildman–Crippen MR) is 76.0 cm³/mol. The molecule has 118 valence electrons. The molecule has 1 unspecified atom stereocenters. The van der Waals surface area contributed by atoms with Crippen LogP contribution < -0.4 is 4.90 Å². The van der Waals surface area contributed by atoms with Crippen molar-refractivity contribution in [3.63, 3.8) is 0 Å². The lowest BCUT2D eigenvalue weighted by molar-refractivity contribution is -0.137. The van der Waals surface area contributed by atoms with Gasteiger partial charge < -0.3 is 9.64 Å². The van der Waals surface area contributed by atoms with E-state index in [0.29, 0.717) is 13.2 Å². The number of alkyl halides is 3. The van der Waals surface area contributed by atoms with Gasteiger partial charge in [-0.25, -0.2) is 4.68 Å². The Balaban J connectivity index is 1.90. The number of aromatic nitrogens is 2. The van der Waals surface area contributed by atoms with E-state index in [2.05, 4.69) is 5.10 Å². The highest BCUT2D eigenvalue weighted by Gasteiger charge is 2.31. The van der Waals surface area contributed by atoms with Crippen molar-refractivity contribution in [2.75, 3.05) is 25.2 Å². The van der Waals surface area contributed by atoms with E-state index >= 15 is 0 Å². The van der Waals surface area contributed by atoms with Crippen molar-refractivity contribution in [1.29, 1.82) is 0 Å². The molecule has 1 aromatic heterocycles. The molecule has 1 aliphatic heterocycles. The number of methoxy groups -OCH3 is 1. The van der Waals surface area contributed by atoms with E-state index in [1.807, 2.05) is 15.6 Å². The molecule has 4 nitrogen and oxygen atoms in total. The SMILES string of the molecule is COCC1CN(c2ccc(C(F)(F)F)cc2)c2ccnn2C1. The highest BCUT2D eigenvalue weighted by Crippen LogP contribution is 2.34. The third kappa shape index (κ3) is 2.81. The number of rotatable bonds is 3. The molecule has 0 amide bonds. The molecule has 0 aliphatic carbocycles. The Morgan fingerprint density at radius 2 is 1.91 bits per heavy atom. The highest BCUT2D eigenvalue weighted by molar-refractivity contribution is 5.61. The van der Waals surface area contributed by atoms with Crippen molar-refractivity contribution in [2.45, 2.75) is 12.7 Å². The van der Waals surface area contributed by atoms with E-state index in [-0.39, 0.29) is 5.92 Å². The van der Waals surface area contributed by atoms with E-state index in [9.17, 15) is 13.2 Å². The fraction of sp³-hybridized carbons (Fsp3) is 0.400. The van der Waals surface area contributed by atoms with Crippen LogP contribution in [0.4, 0.5) is 24.7 Å². The van der Waals surface area contributed by atoms with Gasteiger partial charge in [0.2, 0.25) is 0 Å². The van der Waals surface area contributed by atoms with Crippen LogP contribution in [0.1, 0.15) is 5.56 Å². The maximum absolute atomic E-state index is 12.7. The second-order valence-corrected chi connectivity index (χ2v) is 5.35. The summed E-state index contributed by atoms with van der Waals surface area (Å²) in [5.74, 6) is 1.12. The average Bonchev–Trinajstić information content (AvgIpc) is 2.94. The van der Waals surface area contributed by atoms with Gasteiger partial charge in [-0.15, -0.1) is 0 Å². The summed E-state index contributed by atoms with van der Waals surface area (Å²) in [6, 6.07) is 7.07. The third-order valence-corrected chi connectivity index (χ3v) is 3.75. The first-order valence-electron chi connectivity index (χ1n) is 6.94. The second kappa shape index (κ2) is 5.64. The molecular weight excluding hydrogens is 295 g/mol. The van der Waals surface area contributed by atoms with E-state index < -0.39 is 11.7 Å². The first kappa shape index (κ1) is 14.9. The van der Waals surface area contributed by atoms with Crippen LogP contribution in [-0.4, -0.2) is 30.0 Å². The van der Waals surface area contributed by atoms with Crippen LogP contribution in [0.15, 0.2) is 36.5 Å². The first-order valence-corrected chi connectivity index (χ1v) is 6.94. The Morgan fingerprint density at radius 1 is 1.18 bits per heavy atom. The van der Waals surface area contributed by atoms with Gasteiger partial charge in [-0.05, 0) is 24.3 Å². The van der Waals surface area contributed by atoms with Gasteiger partial charge in [0.15, 0.2) is 0 Å². The first-order chi connectivity index (χ1) is 10.5. The molecule has 2 aromatic rings. The molecule has 1 aromatic carbocycles. The smallest absolute Gasteiger partial charge is 0.384 e. The highest BCUT2D eigenvalue weighted by atomic mass is 19.4. The molecule has 1 atom stereocenters. The summed E-state index contributed by atoms with van der Waals surface area (Å²) in [6.45, 7) is 2.01. The normalized spacial score (nSPS) is 18.4. The van der Waals surface area contributed by atoms with E-state index in [4.69, 9.17) is 4.74 Å². The van der Waals surface area contributed by atoms with Gasteiger partial charge in [-0.1, -0.05) is 0 Å². The molecule has 0 bridgehead atoms. The van der Waals surface area contributed by atoms with E-state index in [1.54, 1.807) is 13.3 Å². The summed E-state index contributed by atoms with van der Waals surface area (Å²) in [4.78, 5) is 1.97. The Hall–Kier alpha value is -2.02. The summed E-state index contributed by atoms with van der Waals surface area (Å²) in [7, 11) is 1.64. The Morgan fingerprint density at radius 3 is 2.55 bits per heavy atom. The molecule has 3 rings (SSSR count). The lowest BCUT2D eigenvalue weighted by atomic mass is 10.1. The monoisotopic (exact) mass is 311 g/mol. The van der Waals surface area contributed by atoms with Crippen LogP contribution in [0.2, 0.25) is 0 Å². The zero-order chi connectivity index (χ0) is 15.7. The van der Waals surface area contributed by atoms with Crippen LogP contribution >= 0.6 is 0 Å². The summed E-state index contributed by atoms with van der Waals surface area (Å²) in [6.07, 6.45) is -2.62. The topological polar surface area (TPSA) is 30.3 Å². The lowest BCUT2D eigenvalue weighted by Crippen LogP contribution is -2.37. The number of halogens is 3. The number of hydrogen-bond acceptors (Lipinski definition) is 3. The van der Waals surface area contributed by atoms with Gasteiger partial charge >= 0.3 is 6.18 Å². The minimum Gasteiger partial charge on any atom is -0.384 e. The number of fused-ring (bicyclic) bond motifs is 1. The molecule has 1 aliphatic rings. The van der Waals surface area contributed by atoms with E-state index in [1.165, 1.54) is 12.1 Å². The summed E-state index contributed by atoms with van der Waals surface area (Å²) in [5.41, 5.74) is 0.0748. The molecule has 7 heteroatoms. The second-order valence-electron chi connectivity index (χ2n) is 5.35. The molecule has 0 radical (unpaired) electrons. The number of benzene rings is 1. The van der Waals surface area contributed by atoms with E-state index in [0.717, 1.165) is 30.2 Å². The number of nitrogens with zero attached hydrogens (tertiary/aromatic N) is 3. The quantitative estimate of drug-likeness (QED) is 0.871. The molecule has 0 saturated carbocycles. The van der Waals surface area contributed by atoms with Gasteiger partial charge in [0.05, 0.1) is 18.4 Å². The Bertz CT molecular complexity index is 636. The van der Waals surface area contributed by atoms with Gasteiger partial charge in [0.25, 0.3) is 0 Å². The van der Waals surface area contributed by atoms with Crippen LogP contribution in [0.25, 0.3) is 0 Å². The molecule has 0 saturated heterocycles. The predicted octanol–water partition coefficient (Wildman–Crippen LogP) is 3.32. The van der Waals surface area contributed by atoms with Gasteiger partial charge in [0.1, 0.15) is 5.82 Å². The minimum atomic E-state index is -4.32. The zero-order valence-corrected chi connectivity index (χ0v) is 12.0. The molecule has 2 heterocycles. The lowest BCUT2D eigenvalue weighted by Gasteiger charge is -2.34. The van der Waals surface area contributed by atoms with Crippen LogP contribution in [0, 0.1) is 5.92 Å². The Labute approximate surface area is 126 Å². The fourth-order valence-electron chi connectivity index (χ4n) is 2.76. The van der Waals surface area contributed by atoms with Gasteiger partial charge in [-0.3, -0.25) is 0 Å². The molecule has 0 N–H and O–H groups in total. The summed E-state index contributed by atoms with van der Waals surface area (Å²) < 4.78 is 45.1. The standard InChI is InChI=1S/C15H16F3N3O/c1-22-10-11-8-20(14-6-7-19-21(14)9-11)13-4-2-12(3-5-13)15(16,17)18/h2-7,11H,8-10H2,1H3. The summed E-state index contributed by atoms with van der Waals surface area (Å²) in [5, 5.41) is 4.26. The Kier molecular flexibility index (Phi) is 3.82. The van der Waals surface area contributed by atoms with Gasteiger partial charge in [0, 0.05) is 37.9 Å². The van der Waals surface area contributed by atoms with Crippen LogP contribution in [0.5, 0.6) is 0 Å². The molecule has 22 heavy (non-hydrogen) atoms. The average molecular weight is 311 g/mol. The van der Waals surface area contributed by atoms with Crippen molar-refractivity contribution >= 4 is 11.5 Å². The van der Waals surface area contributed by atoms with Crippen molar-refractivity contribution in [1.82, 2.24) is 9.78 Å². The van der Waals surface area contributed by atoms with Crippen molar-refractivity contribution < 1.29 is 17.9 Å². The minimum absolute atomic E-state index is 0.236. The van der Waals surface area contributed by atoms with Crippen molar-refractivity contribution in [2.24, 2.45) is 5.92 Å². The van der Waals surface area contributed by atoms with Crippen LogP contribution in [-0.2, 0) is 17.5 Å². The maximum Gasteiger partial charge on any atom is 0.416 e. The molecule has 0 spiro atoms. The van der Waals surface area contributed by atoms with Crippen LogP contribution in [0.3, 0.4) is 0 Å². The molecular formula is C15H16F3N3O. The van der Waals surface area contributed by atoms with Crippen molar-refractivity contribution in [3.05, 3.63) is 42.1 Å². The van der Waals surface area contributed by atoms with Crippen molar-refractivity contribution in [3.8, 4) is 0 Å². The largest absolute Gasteiger partial charge is 0.416 e. The third-order valence-electron chi connectivity index (χ3n) is 3.75. The van der Waals surface area contributed by atoms with Gasteiger partial charge in [-0.2, -0.15) is 18.3 Å². The molecule has 0 fully saturated rings. The zero-order valence-electron chi connectivity index (χ0n) is 12.0. The summed E-state index contributed by atoms with van der Waals surface area (Å²) >= 11 is 0.